The van der Waals surface area contributed by atoms with Gasteiger partial charge in [-0.25, -0.2) is 4.79 Å². The highest BCUT2D eigenvalue weighted by molar-refractivity contribution is 7.08. The average molecular weight is 324 g/mol. The topological polar surface area (TPSA) is 55.8 Å². The van der Waals surface area contributed by atoms with Crippen molar-refractivity contribution in [3.8, 4) is 5.75 Å². The Morgan fingerprint density at radius 1 is 1.48 bits per heavy atom. The second-order valence-electron chi connectivity index (χ2n) is 5.19. The molecule has 1 fully saturated rings. The molecule has 1 saturated heterocycles. The molecular weight excluding hydrogens is 309 g/mol. The Morgan fingerprint density at radius 2 is 2.10 bits per heavy atom. The molecule has 1 N–H and O–H groups in total. The molecule has 1 aromatic rings. The van der Waals surface area contributed by atoms with Gasteiger partial charge in [0.2, 0.25) is 0 Å². The number of alkyl halides is 3. The quantitative estimate of drug-likeness (QED) is 0.927. The van der Waals surface area contributed by atoms with Gasteiger partial charge in [-0.3, -0.25) is 0 Å². The third-order valence-corrected chi connectivity index (χ3v) is 4.89. The molecule has 8 heteroatoms. The van der Waals surface area contributed by atoms with Crippen molar-refractivity contribution in [1.82, 2.24) is 0 Å². The summed E-state index contributed by atoms with van der Waals surface area (Å²) in [6, 6.07) is 0. The number of hydrogen-bond acceptors (Lipinski definition) is 4. The maximum absolute atomic E-state index is 13.3. The molecule has 2 rings (SSSR count). The van der Waals surface area contributed by atoms with E-state index in [1.54, 1.807) is 10.8 Å². The SMILES string of the molecule is COc1cscc1C1C(C(=O)O)OC(C)(C(F)(F)F)C1C. The van der Waals surface area contributed by atoms with E-state index in [0.717, 1.165) is 6.92 Å². The lowest BCUT2D eigenvalue weighted by atomic mass is 9.78. The molecule has 1 aromatic heterocycles. The molecule has 1 aliphatic heterocycles. The van der Waals surface area contributed by atoms with Crippen molar-refractivity contribution in [3.63, 3.8) is 0 Å². The first kappa shape index (κ1) is 16.1. The minimum atomic E-state index is -4.65. The zero-order valence-corrected chi connectivity index (χ0v) is 12.4. The first-order valence-electron chi connectivity index (χ1n) is 6.21. The van der Waals surface area contributed by atoms with Crippen molar-refractivity contribution in [2.24, 2.45) is 5.92 Å². The Balaban J connectivity index is 2.50. The minimum Gasteiger partial charge on any atom is -0.496 e. The number of carboxylic acids is 1. The van der Waals surface area contributed by atoms with Crippen molar-refractivity contribution in [2.45, 2.75) is 37.6 Å². The van der Waals surface area contributed by atoms with Gasteiger partial charge in [-0.1, -0.05) is 6.92 Å². The Labute approximate surface area is 123 Å². The smallest absolute Gasteiger partial charge is 0.417 e. The molecule has 1 aliphatic rings. The van der Waals surface area contributed by atoms with Gasteiger partial charge < -0.3 is 14.6 Å². The molecule has 4 nitrogen and oxygen atoms in total. The van der Waals surface area contributed by atoms with E-state index in [1.165, 1.54) is 25.4 Å². The van der Waals surface area contributed by atoms with Crippen LogP contribution in [-0.2, 0) is 9.53 Å². The predicted octanol–water partition coefficient (Wildman–Crippen LogP) is 3.28. The van der Waals surface area contributed by atoms with Gasteiger partial charge in [0.25, 0.3) is 0 Å². The molecule has 0 radical (unpaired) electrons. The number of rotatable bonds is 3. The maximum Gasteiger partial charge on any atom is 0.417 e. The molecule has 0 amide bonds. The highest BCUT2D eigenvalue weighted by Crippen LogP contribution is 2.54. The fraction of sp³-hybridized carbons (Fsp3) is 0.615. The summed E-state index contributed by atoms with van der Waals surface area (Å²) in [7, 11) is 1.39. The molecule has 4 unspecified atom stereocenters. The summed E-state index contributed by atoms with van der Waals surface area (Å²) in [4.78, 5) is 11.3. The predicted molar refractivity (Wildman–Crippen MR) is 69.7 cm³/mol. The van der Waals surface area contributed by atoms with Crippen LogP contribution in [0.4, 0.5) is 13.2 Å². The van der Waals surface area contributed by atoms with Crippen LogP contribution in [0.3, 0.4) is 0 Å². The molecule has 2 heterocycles. The lowest BCUT2D eigenvalue weighted by Crippen LogP contribution is -2.47. The van der Waals surface area contributed by atoms with Crippen LogP contribution in [0.5, 0.6) is 5.75 Å². The summed E-state index contributed by atoms with van der Waals surface area (Å²) in [5, 5.41) is 12.5. The van der Waals surface area contributed by atoms with Gasteiger partial charge in [0.1, 0.15) is 5.75 Å². The second-order valence-corrected chi connectivity index (χ2v) is 5.94. The zero-order valence-electron chi connectivity index (χ0n) is 11.6. The second kappa shape index (κ2) is 5.17. The van der Waals surface area contributed by atoms with Crippen LogP contribution < -0.4 is 4.74 Å². The lowest BCUT2D eigenvalue weighted by molar-refractivity contribution is -0.273. The summed E-state index contributed by atoms with van der Waals surface area (Å²) >= 11 is 1.25. The highest BCUT2D eigenvalue weighted by atomic mass is 32.1. The molecule has 118 valence electrons. The van der Waals surface area contributed by atoms with Crippen molar-refractivity contribution in [1.29, 1.82) is 0 Å². The molecule has 0 spiro atoms. The zero-order chi connectivity index (χ0) is 16.0. The maximum atomic E-state index is 13.3. The number of carboxylic acid groups (broad SMARTS) is 1. The van der Waals surface area contributed by atoms with E-state index in [1.807, 2.05) is 0 Å². The lowest BCUT2D eigenvalue weighted by Gasteiger charge is -2.31. The molecular formula is C13H15F3O4S. The number of halogens is 3. The third kappa shape index (κ3) is 2.40. The Morgan fingerprint density at radius 3 is 2.57 bits per heavy atom. The van der Waals surface area contributed by atoms with Crippen LogP contribution in [-0.4, -0.2) is 36.1 Å². The van der Waals surface area contributed by atoms with Gasteiger partial charge in [-0.2, -0.15) is 13.2 Å². The summed E-state index contributed by atoms with van der Waals surface area (Å²) in [6.07, 6.45) is -6.21. The van der Waals surface area contributed by atoms with Crippen molar-refractivity contribution < 1.29 is 32.5 Å². The van der Waals surface area contributed by atoms with E-state index in [9.17, 15) is 23.1 Å². The first-order chi connectivity index (χ1) is 9.63. The minimum absolute atomic E-state index is 0.387. The van der Waals surface area contributed by atoms with Crippen LogP contribution in [0.15, 0.2) is 10.8 Å². The van der Waals surface area contributed by atoms with Gasteiger partial charge >= 0.3 is 12.1 Å². The number of hydrogen-bond donors (Lipinski definition) is 1. The summed E-state index contributed by atoms with van der Waals surface area (Å²) in [5.41, 5.74) is -2.07. The van der Waals surface area contributed by atoms with Gasteiger partial charge in [0.05, 0.1) is 7.11 Å². The van der Waals surface area contributed by atoms with Crippen molar-refractivity contribution in [3.05, 3.63) is 16.3 Å². The molecule has 0 bridgehead atoms. The van der Waals surface area contributed by atoms with Crippen LogP contribution in [0.25, 0.3) is 0 Å². The Bertz CT molecular complexity index is 542. The molecule has 21 heavy (non-hydrogen) atoms. The van der Waals surface area contributed by atoms with Crippen LogP contribution in [0.1, 0.15) is 25.3 Å². The van der Waals surface area contributed by atoms with Crippen molar-refractivity contribution in [2.75, 3.05) is 7.11 Å². The summed E-state index contributed by atoms with van der Waals surface area (Å²) in [5.74, 6) is -3.00. The Kier molecular flexibility index (Phi) is 3.96. The number of thiophene rings is 1. The summed E-state index contributed by atoms with van der Waals surface area (Å²) in [6.45, 7) is 2.25. The fourth-order valence-corrected chi connectivity index (χ4v) is 3.56. The molecule has 0 aromatic carbocycles. The number of methoxy groups -OCH3 is 1. The normalized spacial score (nSPS) is 33.1. The van der Waals surface area contributed by atoms with Crippen molar-refractivity contribution >= 4 is 17.3 Å². The number of aliphatic carboxylic acids is 1. The molecule has 0 saturated carbocycles. The van der Waals surface area contributed by atoms with Gasteiger partial charge in [-0.05, 0) is 12.3 Å². The Hall–Kier alpha value is -1.28. The van der Waals surface area contributed by atoms with E-state index < -0.39 is 35.7 Å². The highest BCUT2D eigenvalue weighted by Gasteiger charge is 2.66. The largest absolute Gasteiger partial charge is 0.496 e. The van der Waals surface area contributed by atoms with Gasteiger partial charge in [0, 0.05) is 22.8 Å². The molecule has 4 atom stereocenters. The monoisotopic (exact) mass is 324 g/mol. The van der Waals surface area contributed by atoms with Gasteiger partial charge in [0.15, 0.2) is 11.7 Å². The molecule has 0 aliphatic carbocycles. The van der Waals surface area contributed by atoms with E-state index in [4.69, 9.17) is 9.47 Å². The fourth-order valence-electron chi connectivity index (χ4n) is 2.71. The van der Waals surface area contributed by atoms with E-state index in [-0.39, 0.29) is 0 Å². The van der Waals surface area contributed by atoms with E-state index in [0.29, 0.717) is 11.3 Å². The average Bonchev–Trinajstić information content (AvgIpc) is 2.93. The van der Waals surface area contributed by atoms with Crippen LogP contribution in [0.2, 0.25) is 0 Å². The standard InChI is InChI=1S/C13H15F3O4S/c1-6-9(7-4-21-5-8(7)19-3)10(11(17)18)20-12(6,2)13(14,15)16/h4-6,9-10H,1-3H3,(H,17,18). The number of ether oxygens (including phenoxy) is 2. The van der Waals surface area contributed by atoms with E-state index in [2.05, 4.69) is 0 Å². The summed E-state index contributed by atoms with van der Waals surface area (Å²) < 4.78 is 49.9. The third-order valence-electron chi connectivity index (χ3n) is 4.15. The van der Waals surface area contributed by atoms with E-state index >= 15 is 0 Å². The first-order valence-corrected chi connectivity index (χ1v) is 7.15. The van der Waals surface area contributed by atoms with Gasteiger partial charge in [-0.15, -0.1) is 11.3 Å². The number of carbonyl (C=O) groups is 1. The van der Waals surface area contributed by atoms with Crippen LogP contribution in [0, 0.1) is 5.92 Å². The van der Waals surface area contributed by atoms with Crippen LogP contribution >= 0.6 is 11.3 Å².